The number of thioether (sulfide) groups is 1. The van der Waals surface area contributed by atoms with Gasteiger partial charge in [0.15, 0.2) is 11.5 Å². The molecule has 0 spiro atoms. The zero-order valence-corrected chi connectivity index (χ0v) is 16.4. The van der Waals surface area contributed by atoms with Gasteiger partial charge in [0.2, 0.25) is 17.5 Å². The van der Waals surface area contributed by atoms with Crippen molar-refractivity contribution in [3.05, 3.63) is 12.1 Å². The number of benzene rings is 1. The van der Waals surface area contributed by atoms with E-state index in [0.29, 0.717) is 47.0 Å². The largest absolute Gasteiger partial charge is 0.493 e. The SMILES string of the molecule is CCN(CC)C(=O)CSc1nnc(-c2cc(OC)c(OC)c(OC)c2)o1. The first-order valence-electron chi connectivity index (χ1n) is 8.12. The van der Waals surface area contributed by atoms with Crippen LogP contribution in [0.4, 0.5) is 0 Å². The first kappa shape index (κ1) is 19.9. The van der Waals surface area contributed by atoms with Gasteiger partial charge >= 0.3 is 0 Å². The maximum Gasteiger partial charge on any atom is 0.277 e. The molecule has 0 saturated heterocycles. The van der Waals surface area contributed by atoms with E-state index >= 15 is 0 Å². The molecule has 26 heavy (non-hydrogen) atoms. The minimum Gasteiger partial charge on any atom is -0.493 e. The van der Waals surface area contributed by atoms with Gasteiger partial charge in [-0.25, -0.2) is 0 Å². The van der Waals surface area contributed by atoms with Crippen molar-refractivity contribution in [2.45, 2.75) is 19.1 Å². The van der Waals surface area contributed by atoms with Crippen LogP contribution >= 0.6 is 11.8 Å². The fraction of sp³-hybridized carbons (Fsp3) is 0.471. The number of hydrogen-bond donors (Lipinski definition) is 0. The molecule has 1 amide bonds. The molecule has 0 aliphatic carbocycles. The monoisotopic (exact) mass is 381 g/mol. The highest BCUT2D eigenvalue weighted by Crippen LogP contribution is 2.41. The summed E-state index contributed by atoms with van der Waals surface area (Å²) < 4.78 is 21.6. The van der Waals surface area contributed by atoms with E-state index in [9.17, 15) is 4.79 Å². The third kappa shape index (κ3) is 4.40. The van der Waals surface area contributed by atoms with Gasteiger partial charge in [-0.05, 0) is 26.0 Å². The van der Waals surface area contributed by atoms with Crippen LogP contribution in [0.5, 0.6) is 17.2 Å². The molecule has 2 rings (SSSR count). The second-order valence-corrected chi connectivity index (χ2v) is 6.07. The summed E-state index contributed by atoms with van der Waals surface area (Å²) in [7, 11) is 4.61. The van der Waals surface area contributed by atoms with Gasteiger partial charge in [-0.2, -0.15) is 0 Å². The number of hydrogen-bond acceptors (Lipinski definition) is 8. The van der Waals surface area contributed by atoms with Crippen LogP contribution in [-0.2, 0) is 4.79 Å². The first-order valence-corrected chi connectivity index (χ1v) is 9.10. The summed E-state index contributed by atoms with van der Waals surface area (Å²) in [6.07, 6.45) is 0. The number of nitrogens with zero attached hydrogens (tertiary/aromatic N) is 3. The van der Waals surface area contributed by atoms with Crippen molar-refractivity contribution in [2.75, 3.05) is 40.2 Å². The lowest BCUT2D eigenvalue weighted by Crippen LogP contribution is -2.31. The zero-order valence-electron chi connectivity index (χ0n) is 15.6. The van der Waals surface area contributed by atoms with Crippen LogP contribution in [-0.4, -0.2) is 61.2 Å². The molecule has 142 valence electrons. The fourth-order valence-electron chi connectivity index (χ4n) is 2.38. The molecule has 0 unspecified atom stereocenters. The van der Waals surface area contributed by atoms with Gasteiger partial charge in [0.05, 0.1) is 27.1 Å². The lowest BCUT2D eigenvalue weighted by atomic mass is 10.2. The summed E-state index contributed by atoms with van der Waals surface area (Å²) in [5.41, 5.74) is 0.633. The predicted molar refractivity (Wildman–Crippen MR) is 98.0 cm³/mol. The molecule has 1 heterocycles. The molecular formula is C17H23N3O5S. The Labute approximate surface area is 156 Å². The summed E-state index contributed by atoms with van der Waals surface area (Å²) in [4.78, 5) is 13.8. The molecule has 0 fully saturated rings. The van der Waals surface area contributed by atoms with E-state index in [1.807, 2.05) is 13.8 Å². The van der Waals surface area contributed by atoms with E-state index in [1.165, 1.54) is 33.1 Å². The van der Waals surface area contributed by atoms with Crippen LogP contribution in [0.15, 0.2) is 21.8 Å². The number of rotatable bonds is 9. The summed E-state index contributed by atoms with van der Waals surface area (Å²) in [5, 5.41) is 8.36. The first-order chi connectivity index (χ1) is 12.6. The molecule has 1 aromatic heterocycles. The topological polar surface area (TPSA) is 86.9 Å². The van der Waals surface area contributed by atoms with Gasteiger partial charge in [0, 0.05) is 18.7 Å². The third-order valence-electron chi connectivity index (χ3n) is 3.75. The van der Waals surface area contributed by atoms with Gasteiger partial charge < -0.3 is 23.5 Å². The van der Waals surface area contributed by atoms with E-state index in [4.69, 9.17) is 18.6 Å². The van der Waals surface area contributed by atoms with Gasteiger partial charge in [-0.1, -0.05) is 11.8 Å². The minimum absolute atomic E-state index is 0.0348. The summed E-state index contributed by atoms with van der Waals surface area (Å²) in [5.74, 6) is 2.06. The van der Waals surface area contributed by atoms with Crippen molar-refractivity contribution in [1.29, 1.82) is 0 Å². The van der Waals surface area contributed by atoms with E-state index in [2.05, 4.69) is 10.2 Å². The van der Waals surface area contributed by atoms with Crippen molar-refractivity contribution in [3.8, 4) is 28.7 Å². The highest BCUT2D eigenvalue weighted by atomic mass is 32.2. The standard InChI is InChI=1S/C17H23N3O5S/c1-6-20(7-2)14(21)10-26-17-19-18-16(25-17)11-8-12(22-3)15(24-5)13(9-11)23-4/h8-9H,6-7,10H2,1-5H3. The second kappa shape index (κ2) is 9.33. The quantitative estimate of drug-likeness (QED) is 0.613. The number of methoxy groups -OCH3 is 3. The molecule has 0 atom stereocenters. The van der Waals surface area contributed by atoms with Crippen LogP contribution in [0.25, 0.3) is 11.5 Å². The second-order valence-electron chi connectivity index (χ2n) is 5.14. The van der Waals surface area contributed by atoms with Crippen molar-refractivity contribution >= 4 is 17.7 Å². The molecule has 2 aromatic rings. The van der Waals surface area contributed by atoms with Gasteiger partial charge in [-0.15, -0.1) is 10.2 Å². The molecular weight excluding hydrogens is 358 g/mol. The van der Waals surface area contributed by atoms with Gasteiger partial charge in [0.1, 0.15) is 0 Å². The molecule has 0 bridgehead atoms. The molecule has 1 aromatic carbocycles. The van der Waals surface area contributed by atoms with Crippen molar-refractivity contribution in [1.82, 2.24) is 15.1 Å². The third-order valence-corrected chi connectivity index (χ3v) is 4.56. The smallest absolute Gasteiger partial charge is 0.277 e. The van der Waals surface area contributed by atoms with Crippen LogP contribution in [0.1, 0.15) is 13.8 Å². The van der Waals surface area contributed by atoms with Crippen LogP contribution in [0.2, 0.25) is 0 Å². The van der Waals surface area contributed by atoms with Gasteiger partial charge in [-0.3, -0.25) is 4.79 Å². The summed E-state index contributed by atoms with van der Waals surface area (Å²) in [6.45, 7) is 5.25. The number of aromatic nitrogens is 2. The summed E-state index contributed by atoms with van der Waals surface area (Å²) >= 11 is 1.21. The Morgan fingerprint density at radius 2 is 1.69 bits per heavy atom. The van der Waals surface area contributed by atoms with E-state index in [-0.39, 0.29) is 11.7 Å². The van der Waals surface area contributed by atoms with E-state index < -0.39 is 0 Å². The minimum atomic E-state index is 0.0348. The lowest BCUT2D eigenvalue weighted by Gasteiger charge is -2.17. The van der Waals surface area contributed by atoms with E-state index in [0.717, 1.165) is 0 Å². The Kier molecular flexibility index (Phi) is 7.14. The van der Waals surface area contributed by atoms with Gasteiger partial charge in [0.25, 0.3) is 5.22 Å². The maximum atomic E-state index is 12.1. The molecule has 0 saturated carbocycles. The molecule has 9 heteroatoms. The zero-order chi connectivity index (χ0) is 19.1. The van der Waals surface area contributed by atoms with E-state index in [1.54, 1.807) is 17.0 Å². The average Bonchev–Trinajstić information content (AvgIpc) is 3.15. The fourth-order valence-corrected chi connectivity index (χ4v) is 3.05. The number of ether oxygens (including phenoxy) is 3. The Balaban J connectivity index is 2.18. The Morgan fingerprint density at radius 3 is 2.19 bits per heavy atom. The van der Waals surface area contributed by atoms with Crippen LogP contribution in [0, 0.1) is 0 Å². The average molecular weight is 381 g/mol. The molecule has 0 N–H and O–H groups in total. The lowest BCUT2D eigenvalue weighted by molar-refractivity contribution is -0.127. The normalized spacial score (nSPS) is 10.5. The molecule has 0 radical (unpaired) electrons. The summed E-state index contributed by atoms with van der Waals surface area (Å²) in [6, 6.07) is 3.45. The molecule has 0 aliphatic heterocycles. The number of carbonyl (C=O) groups excluding carboxylic acids is 1. The Morgan fingerprint density at radius 1 is 1.08 bits per heavy atom. The molecule has 8 nitrogen and oxygen atoms in total. The highest BCUT2D eigenvalue weighted by molar-refractivity contribution is 7.99. The Bertz CT molecular complexity index is 721. The highest BCUT2D eigenvalue weighted by Gasteiger charge is 2.18. The van der Waals surface area contributed by atoms with Crippen LogP contribution in [0.3, 0.4) is 0 Å². The molecule has 0 aliphatic rings. The number of amides is 1. The van der Waals surface area contributed by atoms with Crippen LogP contribution < -0.4 is 14.2 Å². The predicted octanol–water partition coefficient (Wildman–Crippen LogP) is 2.72. The van der Waals surface area contributed by atoms with Crippen molar-refractivity contribution in [2.24, 2.45) is 0 Å². The Hall–Kier alpha value is -2.42. The number of carbonyl (C=O) groups is 1. The maximum absolute atomic E-state index is 12.1. The van der Waals surface area contributed by atoms with Crippen molar-refractivity contribution < 1.29 is 23.4 Å². The van der Waals surface area contributed by atoms with Crippen molar-refractivity contribution in [3.63, 3.8) is 0 Å².